The van der Waals surface area contributed by atoms with E-state index < -0.39 is 23.6 Å². The highest BCUT2D eigenvalue weighted by atomic mass is 16.6. The number of hydrogen-bond acceptors (Lipinski definition) is 6. The first-order valence-electron chi connectivity index (χ1n) is 6.41. The number of nitrogens with zero attached hydrogens (tertiary/aromatic N) is 1. The van der Waals surface area contributed by atoms with E-state index in [9.17, 15) is 19.8 Å². The zero-order valence-corrected chi connectivity index (χ0v) is 12.2. The summed E-state index contributed by atoms with van der Waals surface area (Å²) < 4.78 is 6.08. The van der Waals surface area contributed by atoms with Gasteiger partial charge < -0.3 is 25.5 Å². The van der Waals surface area contributed by atoms with E-state index in [1.807, 2.05) is 0 Å². The van der Waals surface area contributed by atoms with Crippen molar-refractivity contribution >= 4 is 11.9 Å². The van der Waals surface area contributed by atoms with Crippen LogP contribution in [0.1, 0.15) is 33.6 Å². The summed E-state index contributed by atoms with van der Waals surface area (Å²) in [5, 5.41) is 27.8. The number of carbonyl (C=O) groups is 2. The van der Waals surface area contributed by atoms with Gasteiger partial charge in [-0.2, -0.15) is 4.68 Å². The first-order valence-corrected chi connectivity index (χ1v) is 6.41. The smallest absolute Gasteiger partial charge is 0.330 e. The van der Waals surface area contributed by atoms with Crippen molar-refractivity contribution in [3.05, 3.63) is 12.1 Å². The van der Waals surface area contributed by atoms with Gasteiger partial charge in [-0.15, -0.1) is 0 Å². The zero-order chi connectivity index (χ0) is 16.2. The molecule has 8 nitrogen and oxygen atoms in total. The summed E-state index contributed by atoms with van der Waals surface area (Å²) in [6.07, 6.45) is -0.318. The van der Waals surface area contributed by atoms with Gasteiger partial charge in [0.15, 0.2) is 0 Å². The molecule has 0 saturated heterocycles. The number of aromatic hydroxyl groups is 2. The highest BCUT2D eigenvalue weighted by molar-refractivity contribution is 5.78. The number of rotatable bonds is 6. The van der Waals surface area contributed by atoms with Crippen LogP contribution in [-0.2, 0) is 14.3 Å². The average molecular weight is 300 g/mol. The molecule has 0 spiro atoms. The summed E-state index contributed by atoms with van der Waals surface area (Å²) in [4.78, 5) is 22.7. The SMILES string of the molecule is CC(C)(C)OC(=O)[C@H](CCC(=O)O)Nn1c(O)ccc1O. The van der Waals surface area contributed by atoms with Crippen molar-refractivity contribution in [3.8, 4) is 11.8 Å². The van der Waals surface area contributed by atoms with Gasteiger partial charge in [0.2, 0.25) is 11.8 Å². The molecule has 0 radical (unpaired) electrons. The predicted molar refractivity (Wildman–Crippen MR) is 73.6 cm³/mol. The summed E-state index contributed by atoms with van der Waals surface area (Å²) in [5.41, 5.74) is 1.82. The molecule has 0 saturated carbocycles. The topological polar surface area (TPSA) is 121 Å². The van der Waals surface area contributed by atoms with E-state index in [-0.39, 0.29) is 24.6 Å². The van der Waals surface area contributed by atoms with E-state index >= 15 is 0 Å². The highest BCUT2D eigenvalue weighted by Crippen LogP contribution is 2.20. The lowest BCUT2D eigenvalue weighted by Crippen LogP contribution is -2.40. The molecular weight excluding hydrogens is 280 g/mol. The van der Waals surface area contributed by atoms with E-state index in [0.29, 0.717) is 0 Å². The fraction of sp³-hybridized carbons (Fsp3) is 0.538. The van der Waals surface area contributed by atoms with Crippen LogP contribution in [0.2, 0.25) is 0 Å². The van der Waals surface area contributed by atoms with Crippen LogP contribution in [0.3, 0.4) is 0 Å². The van der Waals surface area contributed by atoms with E-state index in [2.05, 4.69) is 5.43 Å². The van der Waals surface area contributed by atoms with Crippen molar-refractivity contribution in [3.63, 3.8) is 0 Å². The summed E-state index contributed by atoms with van der Waals surface area (Å²) in [6, 6.07) is 1.43. The van der Waals surface area contributed by atoms with E-state index in [4.69, 9.17) is 9.84 Å². The lowest BCUT2D eigenvalue weighted by molar-refractivity contribution is -0.156. The largest absolute Gasteiger partial charge is 0.493 e. The first kappa shape index (κ1) is 16.7. The van der Waals surface area contributed by atoms with Crippen LogP contribution < -0.4 is 5.43 Å². The van der Waals surface area contributed by atoms with Gasteiger partial charge in [-0.1, -0.05) is 0 Å². The third-order valence-corrected chi connectivity index (χ3v) is 2.46. The third-order valence-electron chi connectivity index (χ3n) is 2.46. The normalized spacial score (nSPS) is 12.7. The molecule has 0 aliphatic heterocycles. The second-order valence-electron chi connectivity index (χ2n) is 5.53. The Balaban J connectivity index is 2.86. The number of hydrogen-bond donors (Lipinski definition) is 4. The Labute approximate surface area is 121 Å². The number of carbonyl (C=O) groups excluding carboxylic acids is 1. The predicted octanol–water partition coefficient (Wildman–Crippen LogP) is 1.02. The lowest BCUT2D eigenvalue weighted by atomic mass is 10.1. The van der Waals surface area contributed by atoms with Crippen molar-refractivity contribution < 1.29 is 29.6 Å². The molecule has 118 valence electrons. The molecule has 0 fully saturated rings. The summed E-state index contributed by atoms with van der Waals surface area (Å²) >= 11 is 0. The molecule has 0 aliphatic rings. The van der Waals surface area contributed by atoms with Gasteiger partial charge >= 0.3 is 11.9 Å². The average Bonchev–Trinajstić information content (AvgIpc) is 2.62. The second kappa shape index (κ2) is 6.38. The standard InChI is InChI=1S/C13H20N2O6/c1-13(2,3)21-12(20)8(4-7-11(18)19)14-15-9(16)5-6-10(15)17/h5-6,8,14,16-17H,4,7H2,1-3H3,(H,18,19)/t8-/m0/s1. The molecule has 4 N–H and O–H groups in total. The molecule has 8 heteroatoms. The quantitative estimate of drug-likeness (QED) is 0.579. The van der Waals surface area contributed by atoms with E-state index in [1.165, 1.54) is 12.1 Å². The number of carboxylic acids is 1. The van der Waals surface area contributed by atoms with Gasteiger partial charge in [0.1, 0.15) is 11.6 Å². The van der Waals surface area contributed by atoms with Gasteiger partial charge in [0, 0.05) is 18.6 Å². The van der Waals surface area contributed by atoms with E-state index in [1.54, 1.807) is 20.8 Å². The van der Waals surface area contributed by atoms with Crippen LogP contribution >= 0.6 is 0 Å². The van der Waals surface area contributed by atoms with Crippen LogP contribution in [0.4, 0.5) is 0 Å². The van der Waals surface area contributed by atoms with Crippen molar-refractivity contribution in [1.29, 1.82) is 0 Å². The number of nitrogens with one attached hydrogen (secondary N) is 1. The fourth-order valence-electron chi connectivity index (χ4n) is 1.58. The molecular formula is C13H20N2O6. The van der Waals surface area contributed by atoms with Crippen LogP contribution in [0.5, 0.6) is 11.8 Å². The Morgan fingerprint density at radius 1 is 1.29 bits per heavy atom. The Morgan fingerprint density at radius 3 is 2.24 bits per heavy atom. The molecule has 1 aromatic heterocycles. The highest BCUT2D eigenvalue weighted by Gasteiger charge is 2.27. The minimum Gasteiger partial charge on any atom is -0.493 e. The van der Waals surface area contributed by atoms with Crippen molar-refractivity contribution in [2.45, 2.75) is 45.3 Å². The maximum atomic E-state index is 12.1. The molecule has 0 unspecified atom stereocenters. The Hall–Kier alpha value is -2.38. The van der Waals surface area contributed by atoms with Crippen LogP contribution in [0, 0.1) is 0 Å². The molecule has 1 atom stereocenters. The first-order chi connectivity index (χ1) is 9.60. The van der Waals surface area contributed by atoms with Crippen molar-refractivity contribution in [2.24, 2.45) is 0 Å². The minimum atomic E-state index is -1.06. The Morgan fingerprint density at radius 2 is 1.81 bits per heavy atom. The molecule has 21 heavy (non-hydrogen) atoms. The number of ether oxygens (including phenoxy) is 1. The number of aromatic nitrogens is 1. The number of esters is 1. The zero-order valence-electron chi connectivity index (χ0n) is 12.2. The van der Waals surface area contributed by atoms with Gasteiger partial charge in [-0.05, 0) is 27.2 Å². The summed E-state index contributed by atoms with van der Waals surface area (Å²) in [6.45, 7) is 5.05. The number of aliphatic carboxylic acids is 1. The van der Waals surface area contributed by atoms with Crippen LogP contribution in [0.15, 0.2) is 12.1 Å². The molecule has 0 aliphatic carbocycles. The maximum Gasteiger partial charge on any atom is 0.330 e. The summed E-state index contributed by atoms with van der Waals surface area (Å²) in [5.74, 6) is -2.35. The molecule has 1 aromatic rings. The van der Waals surface area contributed by atoms with Gasteiger partial charge in [0.25, 0.3) is 0 Å². The van der Waals surface area contributed by atoms with Gasteiger partial charge in [-0.3, -0.25) is 4.79 Å². The summed E-state index contributed by atoms with van der Waals surface area (Å²) in [7, 11) is 0. The molecule has 0 amide bonds. The fourth-order valence-corrected chi connectivity index (χ4v) is 1.58. The maximum absolute atomic E-state index is 12.1. The minimum absolute atomic E-state index is 0.0543. The molecule has 1 heterocycles. The molecule has 1 rings (SSSR count). The van der Waals surface area contributed by atoms with Crippen LogP contribution in [-0.4, -0.2) is 43.6 Å². The van der Waals surface area contributed by atoms with E-state index in [0.717, 1.165) is 4.68 Å². The number of carboxylic acid groups (broad SMARTS) is 1. The van der Waals surface area contributed by atoms with Gasteiger partial charge in [-0.25, -0.2) is 4.79 Å². The Bertz CT molecular complexity index is 498. The van der Waals surface area contributed by atoms with Crippen molar-refractivity contribution in [1.82, 2.24) is 4.68 Å². The third kappa shape index (κ3) is 5.25. The monoisotopic (exact) mass is 300 g/mol. The van der Waals surface area contributed by atoms with Gasteiger partial charge in [0.05, 0.1) is 0 Å². The Kier molecular flexibility index (Phi) is 5.07. The van der Waals surface area contributed by atoms with Crippen LogP contribution in [0.25, 0.3) is 0 Å². The molecule has 0 aromatic carbocycles. The second-order valence-corrected chi connectivity index (χ2v) is 5.53. The van der Waals surface area contributed by atoms with Crippen molar-refractivity contribution in [2.75, 3.05) is 5.43 Å². The molecule has 0 bridgehead atoms. The lowest BCUT2D eigenvalue weighted by Gasteiger charge is -2.25.